The molecule has 28 heavy (non-hydrogen) atoms. The Morgan fingerprint density at radius 1 is 1.32 bits per heavy atom. The molecule has 1 N–H and O–H groups in total. The topological polar surface area (TPSA) is 72.4 Å². The maximum absolute atomic E-state index is 12.7. The second kappa shape index (κ2) is 7.44. The maximum atomic E-state index is 12.7. The predicted molar refractivity (Wildman–Crippen MR) is 104 cm³/mol. The van der Waals surface area contributed by atoms with Crippen molar-refractivity contribution in [3.05, 3.63) is 28.8 Å². The van der Waals surface area contributed by atoms with Gasteiger partial charge in [0.1, 0.15) is 18.5 Å². The van der Waals surface area contributed by atoms with E-state index >= 15 is 0 Å². The van der Waals surface area contributed by atoms with Gasteiger partial charge in [0.25, 0.3) is 6.02 Å². The summed E-state index contributed by atoms with van der Waals surface area (Å²) in [5.41, 5.74) is 1.01. The Morgan fingerprint density at radius 2 is 2.21 bits per heavy atom. The van der Waals surface area contributed by atoms with Crippen molar-refractivity contribution in [3.8, 4) is 5.75 Å². The number of carbonyl (C=O) groups excluding carboxylic acids is 1. The van der Waals surface area contributed by atoms with E-state index in [1.54, 1.807) is 0 Å². The van der Waals surface area contributed by atoms with Crippen molar-refractivity contribution in [3.63, 3.8) is 0 Å². The first-order valence-electron chi connectivity index (χ1n) is 9.93. The molecule has 1 aliphatic carbocycles. The van der Waals surface area contributed by atoms with Gasteiger partial charge >= 0.3 is 0 Å². The second-order valence-electron chi connectivity index (χ2n) is 8.03. The first kappa shape index (κ1) is 18.1. The van der Waals surface area contributed by atoms with Crippen LogP contribution in [0.4, 0.5) is 0 Å². The summed E-state index contributed by atoms with van der Waals surface area (Å²) in [6.07, 6.45) is 3.28. The summed E-state index contributed by atoms with van der Waals surface area (Å²) in [4.78, 5) is 19.2. The van der Waals surface area contributed by atoms with Crippen molar-refractivity contribution in [1.82, 2.24) is 10.2 Å². The van der Waals surface area contributed by atoms with Gasteiger partial charge in [-0.05, 0) is 48.9 Å². The lowest BCUT2D eigenvalue weighted by atomic mass is 10.0. The van der Waals surface area contributed by atoms with E-state index in [4.69, 9.17) is 25.8 Å². The van der Waals surface area contributed by atoms with Crippen molar-refractivity contribution >= 4 is 23.5 Å². The Bertz CT molecular complexity index is 798. The molecule has 150 valence electrons. The summed E-state index contributed by atoms with van der Waals surface area (Å²) in [6, 6.07) is 5.61. The molecular formula is C20H24ClN3O4. The number of ether oxygens (including phenoxy) is 3. The molecule has 3 aliphatic heterocycles. The van der Waals surface area contributed by atoms with Crippen LogP contribution in [0.15, 0.2) is 23.2 Å². The van der Waals surface area contributed by atoms with E-state index in [1.165, 1.54) is 12.8 Å². The highest BCUT2D eigenvalue weighted by molar-refractivity contribution is 6.30. The van der Waals surface area contributed by atoms with Gasteiger partial charge in [-0.25, -0.2) is 4.99 Å². The van der Waals surface area contributed by atoms with Crippen LogP contribution in [0, 0.1) is 5.92 Å². The molecule has 0 bridgehead atoms. The summed E-state index contributed by atoms with van der Waals surface area (Å²) in [5, 5.41) is 3.73. The molecule has 0 radical (unpaired) electrons. The standard InChI is InChI=1S/C20H24ClN3O4/c21-14-3-4-18-13(5-14)6-15(10-27-18)22-19(25)17-8-24-7-16(28-20(24)23-17)11-26-9-12-1-2-12/h3-5,12,15-17H,1-2,6-11H2,(H,22,25). The number of hydrogen-bond acceptors (Lipinski definition) is 6. The fourth-order valence-corrected chi connectivity index (χ4v) is 4.06. The summed E-state index contributed by atoms with van der Waals surface area (Å²) in [6.45, 7) is 3.14. The zero-order chi connectivity index (χ0) is 19.1. The van der Waals surface area contributed by atoms with E-state index in [0.717, 1.165) is 30.4 Å². The van der Waals surface area contributed by atoms with Gasteiger partial charge in [0.15, 0.2) is 6.04 Å². The molecule has 1 aromatic rings. The number of carbonyl (C=O) groups is 1. The number of aliphatic imine (C=N–C) groups is 1. The van der Waals surface area contributed by atoms with Crippen LogP contribution in [0.2, 0.25) is 5.02 Å². The van der Waals surface area contributed by atoms with Crippen molar-refractivity contribution in [2.75, 3.05) is 32.9 Å². The van der Waals surface area contributed by atoms with Crippen LogP contribution >= 0.6 is 11.6 Å². The highest BCUT2D eigenvalue weighted by Gasteiger charge is 2.39. The Hall–Kier alpha value is -1.99. The number of benzene rings is 1. The lowest BCUT2D eigenvalue weighted by molar-refractivity contribution is -0.123. The minimum absolute atomic E-state index is 0.00880. The molecule has 1 aromatic carbocycles. The molecule has 8 heteroatoms. The fraction of sp³-hybridized carbons (Fsp3) is 0.600. The van der Waals surface area contributed by atoms with Crippen molar-refractivity contribution in [1.29, 1.82) is 0 Å². The third-order valence-corrected chi connectivity index (χ3v) is 5.79. The van der Waals surface area contributed by atoms with E-state index in [0.29, 0.717) is 37.2 Å². The molecule has 0 spiro atoms. The van der Waals surface area contributed by atoms with Gasteiger partial charge in [0, 0.05) is 11.6 Å². The van der Waals surface area contributed by atoms with Gasteiger partial charge in [-0.2, -0.15) is 0 Å². The van der Waals surface area contributed by atoms with Crippen molar-refractivity contribution in [2.45, 2.75) is 37.5 Å². The number of nitrogens with one attached hydrogen (secondary N) is 1. The molecule has 3 unspecified atom stereocenters. The number of rotatable bonds is 6. The minimum Gasteiger partial charge on any atom is -0.491 e. The molecule has 1 saturated heterocycles. The molecule has 1 amide bonds. The van der Waals surface area contributed by atoms with Crippen molar-refractivity contribution < 1.29 is 19.0 Å². The van der Waals surface area contributed by atoms with Gasteiger partial charge < -0.3 is 24.4 Å². The van der Waals surface area contributed by atoms with Crippen LogP contribution in [-0.2, 0) is 20.7 Å². The van der Waals surface area contributed by atoms with E-state index in [2.05, 4.69) is 10.3 Å². The molecular weight excluding hydrogens is 382 g/mol. The van der Waals surface area contributed by atoms with Gasteiger partial charge in [0.05, 0.1) is 25.7 Å². The second-order valence-corrected chi connectivity index (χ2v) is 8.46. The van der Waals surface area contributed by atoms with E-state index in [1.807, 2.05) is 23.1 Å². The molecule has 5 rings (SSSR count). The van der Waals surface area contributed by atoms with Gasteiger partial charge in [-0.1, -0.05) is 11.6 Å². The number of nitrogens with zero attached hydrogens (tertiary/aromatic N) is 2. The van der Waals surface area contributed by atoms with E-state index in [9.17, 15) is 4.79 Å². The molecule has 2 fully saturated rings. The molecule has 4 aliphatic rings. The molecule has 1 saturated carbocycles. The number of hydrogen-bond donors (Lipinski definition) is 1. The van der Waals surface area contributed by atoms with Gasteiger partial charge in [0.2, 0.25) is 5.91 Å². The maximum Gasteiger partial charge on any atom is 0.288 e. The lowest BCUT2D eigenvalue weighted by Gasteiger charge is -2.27. The molecule has 7 nitrogen and oxygen atoms in total. The number of amidine groups is 1. The molecule has 3 heterocycles. The first-order valence-corrected chi connectivity index (χ1v) is 10.3. The quantitative estimate of drug-likeness (QED) is 0.778. The van der Waals surface area contributed by atoms with E-state index in [-0.39, 0.29) is 18.1 Å². The SMILES string of the molecule is O=C(NC1COc2ccc(Cl)cc2C1)C1CN2CC(COCC3CC3)OC2=N1. The zero-order valence-electron chi connectivity index (χ0n) is 15.6. The smallest absolute Gasteiger partial charge is 0.288 e. The average Bonchev–Trinajstić information content (AvgIpc) is 3.28. The van der Waals surface area contributed by atoms with Crippen LogP contribution in [0.25, 0.3) is 0 Å². The Kier molecular flexibility index (Phi) is 4.80. The summed E-state index contributed by atoms with van der Waals surface area (Å²) >= 11 is 6.06. The molecule has 3 atom stereocenters. The van der Waals surface area contributed by atoms with Gasteiger partial charge in [-0.15, -0.1) is 0 Å². The predicted octanol–water partition coefficient (Wildman–Crippen LogP) is 1.63. The summed E-state index contributed by atoms with van der Waals surface area (Å²) < 4.78 is 17.3. The summed E-state index contributed by atoms with van der Waals surface area (Å²) in [7, 11) is 0. The fourth-order valence-electron chi connectivity index (χ4n) is 3.86. The third-order valence-electron chi connectivity index (χ3n) is 5.56. The van der Waals surface area contributed by atoms with Crippen LogP contribution < -0.4 is 10.1 Å². The number of amides is 1. The lowest BCUT2D eigenvalue weighted by Crippen LogP contribution is -2.47. The Morgan fingerprint density at radius 3 is 3.04 bits per heavy atom. The highest BCUT2D eigenvalue weighted by atomic mass is 35.5. The van der Waals surface area contributed by atoms with Crippen LogP contribution in [-0.4, -0.2) is 67.9 Å². The third kappa shape index (κ3) is 3.91. The minimum atomic E-state index is -0.441. The van der Waals surface area contributed by atoms with Crippen LogP contribution in [0.3, 0.4) is 0 Å². The zero-order valence-corrected chi connectivity index (χ0v) is 16.4. The Labute approximate surface area is 169 Å². The van der Waals surface area contributed by atoms with Crippen LogP contribution in [0.5, 0.6) is 5.75 Å². The van der Waals surface area contributed by atoms with Gasteiger partial charge in [-0.3, -0.25) is 4.79 Å². The molecule has 0 aromatic heterocycles. The normalized spacial score (nSPS) is 28.1. The van der Waals surface area contributed by atoms with Crippen LogP contribution in [0.1, 0.15) is 18.4 Å². The highest BCUT2D eigenvalue weighted by Crippen LogP contribution is 2.29. The first-order chi connectivity index (χ1) is 13.6. The van der Waals surface area contributed by atoms with E-state index < -0.39 is 6.04 Å². The largest absolute Gasteiger partial charge is 0.491 e. The number of fused-ring (bicyclic) bond motifs is 2. The number of halogens is 1. The summed E-state index contributed by atoms with van der Waals surface area (Å²) in [5.74, 6) is 1.49. The monoisotopic (exact) mass is 405 g/mol. The Balaban J connectivity index is 1.12. The van der Waals surface area contributed by atoms with Crippen molar-refractivity contribution in [2.24, 2.45) is 10.9 Å². The average molecular weight is 406 g/mol.